The topological polar surface area (TPSA) is 55.8 Å². The molecule has 0 aliphatic rings. The predicted molar refractivity (Wildman–Crippen MR) is 115 cm³/mol. The van der Waals surface area contributed by atoms with Crippen molar-refractivity contribution in [2.45, 2.75) is 67.7 Å². The van der Waals surface area contributed by atoms with E-state index >= 15 is 0 Å². The third-order valence-electron chi connectivity index (χ3n) is 4.94. The summed E-state index contributed by atoms with van der Waals surface area (Å²) in [5, 5.41) is 10.2. The van der Waals surface area contributed by atoms with Gasteiger partial charge in [0.2, 0.25) is 3.79 Å². The summed E-state index contributed by atoms with van der Waals surface area (Å²) < 4.78 is 9.54. The number of hydrogen-bond acceptors (Lipinski definition) is 4. The van der Waals surface area contributed by atoms with Gasteiger partial charge >= 0.3 is 0 Å². The first-order valence-electron chi connectivity index (χ1n) is 8.75. The number of halogens is 3. The van der Waals surface area contributed by atoms with Crippen molar-refractivity contribution in [3.8, 4) is 5.75 Å². The number of alkyl halides is 3. The SMILES string of the molecule is COc1ccc([C@H](O)CC(=O)C[C@H](O[Si](C)(C)C(C)(C)C)C(Cl)(Cl)Cl)cc1. The lowest BCUT2D eigenvalue weighted by Crippen LogP contribution is -2.48. The lowest BCUT2D eigenvalue weighted by molar-refractivity contribution is -0.122. The second-order valence-corrected chi connectivity index (χ2v) is 15.3. The smallest absolute Gasteiger partial charge is 0.215 e. The summed E-state index contributed by atoms with van der Waals surface area (Å²) in [4.78, 5) is 12.5. The van der Waals surface area contributed by atoms with Crippen molar-refractivity contribution in [3.63, 3.8) is 0 Å². The van der Waals surface area contributed by atoms with Crippen LogP contribution < -0.4 is 4.74 Å². The Morgan fingerprint density at radius 1 is 1.11 bits per heavy atom. The maximum Gasteiger partial charge on any atom is 0.215 e. The molecule has 2 atom stereocenters. The van der Waals surface area contributed by atoms with Crippen LogP contribution in [-0.4, -0.2) is 36.2 Å². The number of aliphatic hydroxyl groups excluding tert-OH is 1. The zero-order valence-corrected chi connectivity index (χ0v) is 20.0. The fourth-order valence-corrected chi connectivity index (χ4v) is 4.12. The summed E-state index contributed by atoms with van der Waals surface area (Å²) in [6.07, 6.45) is -1.95. The molecule has 1 aromatic carbocycles. The van der Waals surface area contributed by atoms with Crippen molar-refractivity contribution in [1.82, 2.24) is 0 Å². The summed E-state index contributed by atoms with van der Waals surface area (Å²) in [7, 11) is -0.677. The summed E-state index contributed by atoms with van der Waals surface area (Å²) >= 11 is 18.3. The Morgan fingerprint density at radius 3 is 2.04 bits per heavy atom. The molecule has 0 radical (unpaired) electrons. The number of Topliss-reactive ketones (excluding diaryl/α,β-unsaturated/α-hetero) is 1. The van der Waals surface area contributed by atoms with Gasteiger partial charge in [-0.3, -0.25) is 4.79 Å². The van der Waals surface area contributed by atoms with Gasteiger partial charge in [0.05, 0.1) is 19.3 Å². The van der Waals surface area contributed by atoms with E-state index < -0.39 is 24.3 Å². The first kappa shape index (κ1) is 24.7. The van der Waals surface area contributed by atoms with Gasteiger partial charge in [0, 0.05) is 12.8 Å². The minimum atomic E-state index is -2.24. The number of hydrogen-bond donors (Lipinski definition) is 1. The van der Waals surface area contributed by atoms with E-state index in [0.717, 1.165) is 0 Å². The third kappa shape index (κ3) is 7.56. The van der Waals surface area contributed by atoms with Gasteiger partial charge in [-0.1, -0.05) is 67.7 Å². The molecule has 8 heteroatoms. The second kappa shape index (κ2) is 9.46. The van der Waals surface area contributed by atoms with Crippen molar-refractivity contribution in [2.24, 2.45) is 0 Å². The molecule has 0 fully saturated rings. The van der Waals surface area contributed by atoms with Gasteiger partial charge in [-0.15, -0.1) is 0 Å². The standard InChI is InChI=1S/C19H29Cl3O4Si/c1-18(2,3)27(5,6)26-17(19(20,21)22)12-14(23)11-16(24)13-7-9-15(25-4)10-8-13/h7-10,16-17,24H,11-12H2,1-6H3/t16-,17+/m1/s1. The van der Waals surface area contributed by atoms with Gasteiger partial charge in [-0.25, -0.2) is 0 Å². The molecule has 154 valence electrons. The normalized spacial score (nSPS) is 15.3. The summed E-state index contributed by atoms with van der Waals surface area (Å²) in [6, 6.07) is 6.89. The molecular weight excluding hydrogens is 427 g/mol. The van der Waals surface area contributed by atoms with Crippen molar-refractivity contribution in [1.29, 1.82) is 0 Å². The van der Waals surface area contributed by atoms with E-state index in [4.69, 9.17) is 44.0 Å². The van der Waals surface area contributed by atoms with Gasteiger partial charge in [0.15, 0.2) is 8.32 Å². The van der Waals surface area contributed by atoms with Crippen LogP contribution in [0.15, 0.2) is 24.3 Å². The fourth-order valence-electron chi connectivity index (χ4n) is 2.21. The van der Waals surface area contributed by atoms with Crippen LogP contribution in [0.1, 0.15) is 45.3 Å². The number of methoxy groups -OCH3 is 1. The summed E-state index contributed by atoms with van der Waals surface area (Å²) in [5.74, 6) is 0.449. The molecule has 0 saturated carbocycles. The molecule has 4 nitrogen and oxygen atoms in total. The molecule has 0 aliphatic heterocycles. The number of aliphatic hydroxyl groups is 1. The number of benzene rings is 1. The second-order valence-electron chi connectivity index (χ2n) is 8.14. The molecule has 0 bridgehead atoms. The number of ether oxygens (including phenoxy) is 1. The molecule has 0 amide bonds. The monoisotopic (exact) mass is 454 g/mol. The fraction of sp³-hybridized carbons (Fsp3) is 0.632. The number of ketones is 1. The highest BCUT2D eigenvalue weighted by Crippen LogP contribution is 2.42. The predicted octanol–water partition coefficient (Wildman–Crippen LogP) is 5.84. The average Bonchev–Trinajstić information content (AvgIpc) is 2.52. The number of rotatable bonds is 8. The first-order chi connectivity index (χ1) is 12.2. The zero-order valence-electron chi connectivity index (χ0n) is 16.7. The number of carbonyl (C=O) groups excluding carboxylic acids is 1. The van der Waals surface area contributed by atoms with Gasteiger partial charge in [0.1, 0.15) is 11.5 Å². The summed E-state index contributed by atoms with van der Waals surface area (Å²) in [6.45, 7) is 10.3. The maximum atomic E-state index is 12.5. The molecular formula is C19H29Cl3O4Si. The number of carbonyl (C=O) groups is 1. The molecule has 1 aromatic rings. The molecule has 0 heterocycles. The van der Waals surface area contributed by atoms with E-state index in [2.05, 4.69) is 20.8 Å². The average molecular weight is 456 g/mol. The highest BCUT2D eigenvalue weighted by molar-refractivity contribution is 6.74. The van der Waals surface area contributed by atoms with Crippen molar-refractivity contribution >= 4 is 48.9 Å². The summed E-state index contributed by atoms with van der Waals surface area (Å²) in [5.41, 5.74) is 0.625. The van der Waals surface area contributed by atoms with Gasteiger partial charge in [-0.05, 0) is 35.8 Å². The van der Waals surface area contributed by atoms with E-state index in [1.807, 2.05) is 13.1 Å². The Kier molecular flexibility index (Phi) is 8.67. The minimum absolute atomic E-state index is 0.0732. The Balaban J connectivity index is 2.81. The van der Waals surface area contributed by atoms with Gasteiger partial charge in [-0.2, -0.15) is 0 Å². The highest BCUT2D eigenvalue weighted by Gasteiger charge is 2.45. The van der Waals surface area contributed by atoms with E-state index in [9.17, 15) is 9.90 Å². The molecule has 0 aromatic heterocycles. The van der Waals surface area contributed by atoms with Crippen LogP contribution in [0.25, 0.3) is 0 Å². The molecule has 0 saturated heterocycles. The lowest BCUT2D eigenvalue weighted by Gasteiger charge is -2.41. The van der Waals surface area contributed by atoms with Crippen molar-refractivity contribution in [3.05, 3.63) is 29.8 Å². The Bertz CT molecular complexity index is 621. The van der Waals surface area contributed by atoms with Crippen LogP contribution in [-0.2, 0) is 9.22 Å². The van der Waals surface area contributed by atoms with Crippen LogP contribution in [0.3, 0.4) is 0 Å². The quantitative estimate of drug-likeness (QED) is 0.395. The first-order valence-corrected chi connectivity index (χ1v) is 12.8. The minimum Gasteiger partial charge on any atom is -0.497 e. The Labute approximate surface area is 178 Å². The molecule has 27 heavy (non-hydrogen) atoms. The molecule has 1 N–H and O–H groups in total. The lowest BCUT2D eigenvalue weighted by atomic mass is 10.0. The van der Waals surface area contributed by atoms with Crippen LogP contribution in [0.2, 0.25) is 18.1 Å². The van der Waals surface area contributed by atoms with E-state index in [1.54, 1.807) is 31.4 Å². The molecule has 0 aliphatic carbocycles. The Morgan fingerprint density at radius 2 is 1.63 bits per heavy atom. The van der Waals surface area contributed by atoms with Crippen LogP contribution >= 0.6 is 34.8 Å². The van der Waals surface area contributed by atoms with Crippen molar-refractivity contribution < 1.29 is 19.1 Å². The zero-order chi connectivity index (χ0) is 21.0. The van der Waals surface area contributed by atoms with Gasteiger partial charge < -0.3 is 14.3 Å². The van der Waals surface area contributed by atoms with Crippen LogP contribution in [0, 0.1) is 0 Å². The Hall–Kier alpha value is -0.303. The van der Waals surface area contributed by atoms with Crippen molar-refractivity contribution in [2.75, 3.05) is 7.11 Å². The third-order valence-corrected chi connectivity index (χ3v) is 10.2. The van der Waals surface area contributed by atoms with Crippen LogP contribution in [0.4, 0.5) is 0 Å². The largest absolute Gasteiger partial charge is 0.497 e. The van der Waals surface area contributed by atoms with Gasteiger partial charge in [0.25, 0.3) is 0 Å². The maximum absolute atomic E-state index is 12.5. The van der Waals surface area contributed by atoms with E-state index in [0.29, 0.717) is 11.3 Å². The molecule has 0 unspecified atom stereocenters. The van der Waals surface area contributed by atoms with E-state index in [1.165, 1.54) is 0 Å². The highest BCUT2D eigenvalue weighted by atomic mass is 35.6. The molecule has 0 spiro atoms. The van der Waals surface area contributed by atoms with Crippen LogP contribution in [0.5, 0.6) is 5.75 Å². The van der Waals surface area contributed by atoms with E-state index in [-0.39, 0.29) is 23.7 Å². The molecule has 1 rings (SSSR count).